The van der Waals surface area contributed by atoms with Crippen molar-refractivity contribution in [2.75, 3.05) is 31.1 Å². The van der Waals surface area contributed by atoms with Crippen LogP contribution in [0.2, 0.25) is 5.28 Å². The Morgan fingerprint density at radius 1 is 1.24 bits per heavy atom. The number of nitrogens with zero attached hydrogens (tertiary/aromatic N) is 4. The molecule has 17 heavy (non-hydrogen) atoms. The summed E-state index contributed by atoms with van der Waals surface area (Å²) in [5, 5.41) is 3.54. The summed E-state index contributed by atoms with van der Waals surface area (Å²) in [6.07, 6.45) is 1.61. The van der Waals surface area contributed by atoms with Crippen molar-refractivity contribution in [3.8, 4) is 0 Å². The molecule has 92 valence electrons. The second-order valence-corrected chi connectivity index (χ2v) is 3.99. The number of nitrogens with one attached hydrogen (secondary N) is 2. The molecule has 0 spiro atoms. The molecule has 1 aliphatic heterocycles. The average molecular weight is 275 g/mol. The highest BCUT2D eigenvalue weighted by molar-refractivity contribution is 6.28. The van der Waals surface area contributed by atoms with Gasteiger partial charge >= 0.3 is 0 Å². The molecule has 1 saturated heterocycles. The number of halogens is 2. The lowest BCUT2D eigenvalue weighted by molar-refractivity contribution is 0.586. The first-order valence-corrected chi connectivity index (χ1v) is 5.55. The maximum absolute atomic E-state index is 5.88. The number of H-pyrrole nitrogens is 1. The van der Waals surface area contributed by atoms with Crippen molar-refractivity contribution in [3.63, 3.8) is 0 Å². The predicted molar refractivity (Wildman–Crippen MR) is 69.0 cm³/mol. The van der Waals surface area contributed by atoms with Crippen molar-refractivity contribution in [2.45, 2.75) is 0 Å². The van der Waals surface area contributed by atoms with E-state index in [9.17, 15) is 0 Å². The van der Waals surface area contributed by atoms with Crippen molar-refractivity contribution in [1.29, 1.82) is 0 Å². The summed E-state index contributed by atoms with van der Waals surface area (Å²) in [6, 6.07) is 0. The van der Waals surface area contributed by atoms with E-state index in [1.165, 1.54) is 0 Å². The van der Waals surface area contributed by atoms with E-state index in [2.05, 4.69) is 30.2 Å². The van der Waals surface area contributed by atoms with Gasteiger partial charge < -0.3 is 15.2 Å². The minimum absolute atomic E-state index is 0. The molecule has 0 amide bonds. The summed E-state index contributed by atoms with van der Waals surface area (Å²) in [4.78, 5) is 17.7. The zero-order chi connectivity index (χ0) is 11.0. The molecule has 1 fully saturated rings. The van der Waals surface area contributed by atoms with Crippen LogP contribution in [0.25, 0.3) is 11.2 Å². The van der Waals surface area contributed by atoms with Gasteiger partial charge in [-0.3, -0.25) is 0 Å². The molecule has 3 heterocycles. The minimum Gasteiger partial charge on any atom is -0.352 e. The molecule has 0 saturated carbocycles. The molecule has 0 aromatic carbocycles. The van der Waals surface area contributed by atoms with E-state index in [-0.39, 0.29) is 17.7 Å². The first kappa shape index (κ1) is 12.3. The Balaban J connectivity index is 0.00000108. The van der Waals surface area contributed by atoms with Gasteiger partial charge in [0.1, 0.15) is 5.52 Å². The molecular weight excluding hydrogens is 263 g/mol. The molecule has 2 N–H and O–H groups in total. The number of anilines is 1. The lowest BCUT2D eigenvalue weighted by atomic mass is 10.3. The second kappa shape index (κ2) is 5.03. The molecule has 0 unspecified atom stereocenters. The zero-order valence-corrected chi connectivity index (χ0v) is 10.6. The van der Waals surface area contributed by atoms with E-state index in [1.807, 2.05) is 0 Å². The summed E-state index contributed by atoms with van der Waals surface area (Å²) in [6.45, 7) is 3.75. The Morgan fingerprint density at radius 3 is 2.76 bits per heavy atom. The fourth-order valence-corrected chi connectivity index (χ4v) is 2.06. The Bertz CT molecular complexity index is 507. The Labute approximate surface area is 109 Å². The van der Waals surface area contributed by atoms with Crippen LogP contribution in [0.5, 0.6) is 0 Å². The van der Waals surface area contributed by atoms with E-state index in [1.54, 1.807) is 6.33 Å². The van der Waals surface area contributed by atoms with Crippen molar-refractivity contribution in [3.05, 3.63) is 11.6 Å². The van der Waals surface area contributed by atoms with Crippen molar-refractivity contribution in [1.82, 2.24) is 25.3 Å². The number of piperazine rings is 1. The average Bonchev–Trinajstić information content (AvgIpc) is 2.77. The van der Waals surface area contributed by atoms with Crippen LogP contribution in [0.3, 0.4) is 0 Å². The normalized spacial score (nSPS) is 15.9. The van der Waals surface area contributed by atoms with Gasteiger partial charge in [0.05, 0.1) is 6.33 Å². The minimum atomic E-state index is 0. The number of rotatable bonds is 1. The third-order valence-electron chi connectivity index (χ3n) is 2.66. The fourth-order valence-electron chi connectivity index (χ4n) is 1.90. The Hall–Kier alpha value is -1.11. The summed E-state index contributed by atoms with van der Waals surface area (Å²) < 4.78 is 0. The van der Waals surface area contributed by atoms with E-state index in [4.69, 9.17) is 11.6 Å². The van der Waals surface area contributed by atoms with E-state index in [0.29, 0.717) is 5.65 Å². The summed E-state index contributed by atoms with van der Waals surface area (Å²) in [5.41, 5.74) is 1.47. The molecule has 1 aliphatic rings. The summed E-state index contributed by atoms with van der Waals surface area (Å²) in [7, 11) is 0. The van der Waals surface area contributed by atoms with Crippen LogP contribution in [0.15, 0.2) is 6.33 Å². The van der Waals surface area contributed by atoms with Gasteiger partial charge in [-0.1, -0.05) is 0 Å². The number of hydrogen-bond acceptors (Lipinski definition) is 5. The highest BCUT2D eigenvalue weighted by Crippen LogP contribution is 2.22. The smallest absolute Gasteiger partial charge is 0.226 e. The van der Waals surface area contributed by atoms with Gasteiger partial charge in [0.2, 0.25) is 5.28 Å². The molecule has 0 aliphatic carbocycles. The van der Waals surface area contributed by atoms with Crippen LogP contribution >= 0.6 is 24.0 Å². The van der Waals surface area contributed by atoms with E-state index in [0.717, 1.165) is 37.5 Å². The second-order valence-electron chi connectivity index (χ2n) is 3.65. The fraction of sp³-hybridized carbons (Fsp3) is 0.444. The Kier molecular flexibility index (Phi) is 3.66. The molecule has 2 aromatic rings. The van der Waals surface area contributed by atoms with Crippen LogP contribution in [-0.4, -0.2) is 46.1 Å². The summed E-state index contributed by atoms with van der Waals surface area (Å²) in [5.74, 6) is 0.842. The quantitative estimate of drug-likeness (QED) is 0.755. The van der Waals surface area contributed by atoms with Gasteiger partial charge in [0, 0.05) is 26.2 Å². The molecule has 3 rings (SSSR count). The first-order chi connectivity index (χ1) is 7.84. The molecule has 8 heteroatoms. The number of imidazole rings is 1. The Morgan fingerprint density at radius 2 is 2.00 bits per heavy atom. The maximum Gasteiger partial charge on any atom is 0.226 e. The summed E-state index contributed by atoms with van der Waals surface area (Å²) >= 11 is 5.88. The largest absolute Gasteiger partial charge is 0.352 e. The topological polar surface area (TPSA) is 69.7 Å². The van der Waals surface area contributed by atoms with E-state index < -0.39 is 0 Å². The van der Waals surface area contributed by atoms with Crippen LogP contribution in [0.1, 0.15) is 0 Å². The van der Waals surface area contributed by atoms with Gasteiger partial charge in [-0.25, -0.2) is 4.98 Å². The third-order valence-corrected chi connectivity index (χ3v) is 2.82. The predicted octanol–water partition coefficient (Wildman–Crippen LogP) is 0.838. The van der Waals surface area contributed by atoms with E-state index >= 15 is 0 Å². The van der Waals surface area contributed by atoms with Crippen LogP contribution in [0, 0.1) is 0 Å². The number of aromatic nitrogens is 4. The van der Waals surface area contributed by atoms with Crippen LogP contribution in [-0.2, 0) is 0 Å². The lowest BCUT2D eigenvalue weighted by Gasteiger charge is -2.28. The van der Waals surface area contributed by atoms with Gasteiger partial charge in [-0.2, -0.15) is 9.97 Å². The molecule has 6 nitrogen and oxygen atoms in total. The van der Waals surface area contributed by atoms with Gasteiger partial charge in [-0.05, 0) is 11.6 Å². The number of fused-ring (bicyclic) bond motifs is 1. The van der Waals surface area contributed by atoms with Gasteiger partial charge in [0.25, 0.3) is 0 Å². The lowest BCUT2D eigenvalue weighted by Crippen LogP contribution is -2.44. The monoisotopic (exact) mass is 274 g/mol. The molecular formula is C9H12Cl2N6. The van der Waals surface area contributed by atoms with Gasteiger partial charge in [-0.15, -0.1) is 12.4 Å². The van der Waals surface area contributed by atoms with Crippen molar-refractivity contribution < 1.29 is 0 Å². The highest BCUT2D eigenvalue weighted by atomic mass is 35.5. The molecule has 0 atom stereocenters. The third kappa shape index (κ3) is 2.29. The van der Waals surface area contributed by atoms with Gasteiger partial charge in [0.15, 0.2) is 11.5 Å². The standard InChI is InChI=1S/C9H11ClN6.ClH/c10-9-14-7-6(12-5-13-7)8(15-9)16-3-1-11-2-4-16;/h5,11H,1-4H2,(H,12,13,14,15);1H. The zero-order valence-electron chi connectivity index (χ0n) is 8.98. The SMILES string of the molecule is Cl.Clc1nc(N2CCNCC2)c2[nH]cnc2n1. The van der Waals surface area contributed by atoms with Crippen LogP contribution in [0.4, 0.5) is 5.82 Å². The molecule has 2 aromatic heterocycles. The molecule has 0 bridgehead atoms. The number of hydrogen-bond donors (Lipinski definition) is 2. The molecule has 0 radical (unpaired) electrons. The first-order valence-electron chi connectivity index (χ1n) is 5.17. The van der Waals surface area contributed by atoms with Crippen molar-refractivity contribution >= 4 is 41.0 Å². The highest BCUT2D eigenvalue weighted by Gasteiger charge is 2.17. The van der Waals surface area contributed by atoms with Crippen molar-refractivity contribution in [2.24, 2.45) is 0 Å². The maximum atomic E-state index is 5.88. The van der Waals surface area contributed by atoms with Crippen LogP contribution < -0.4 is 10.2 Å². The number of aromatic amines is 1.